The molecule has 1 aromatic heterocycles. The molecule has 0 aliphatic carbocycles. The van der Waals surface area contributed by atoms with Gasteiger partial charge in [-0.1, -0.05) is 22.9 Å². The Kier molecular flexibility index (Phi) is 5.22. The molecule has 0 aliphatic rings. The molecule has 0 radical (unpaired) electrons. The lowest BCUT2D eigenvalue weighted by Gasteiger charge is -2.10. The fraction of sp³-hybridized carbons (Fsp3) is 0.125. The van der Waals surface area contributed by atoms with Crippen LogP contribution in [0.4, 0.5) is 10.8 Å². The van der Waals surface area contributed by atoms with Gasteiger partial charge in [0.05, 0.1) is 20.4 Å². The number of rotatable bonds is 5. The second-order valence-electron chi connectivity index (χ2n) is 5.13. The van der Waals surface area contributed by atoms with Crippen molar-refractivity contribution in [3.05, 3.63) is 57.6 Å². The van der Waals surface area contributed by atoms with Crippen molar-refractivity contribution in [2.24, 2.45) is 0 Å². The summed E-state index contributed by atoms with van der Waals surface area (Å²) in [6, 6.07) is 11.5. The van der Waals surface area contributed by atoms with Gasteiger partial charge in [-0.3, -0.25) is 14.9 Å². The van der Waals surface area contributed by atoms with Gasteiger partial charge in [-0.15, -0.1) is 11.8 Å². The normalized spacial score (nSPS) is 12.1. The van der Waals surface area contributed by atoms with Crippen molar-refractivity contribution in [3.63, 3.8) is 0 Å². The zero-order valence-electron chi connectivity index (χ0n) is 12.9. The van der Waals surface area contributed by atoms with Crippen molar-refractivity contribution in [2.75, 3.05) is 5.32 Å². The van der Waals surface area contributed by atoms with E-state index in [2.05, 4.69) is 10.3 Å². The van der Waals surface area contributed by atoms with Crippen molar-refractivity contribution in [3.8, 4) is 0 Å². The number of amides is 1. The summed E-state index contributed by atoms with van der Waals surface area (Å²) in [6.07, 6.45) is 0. The number of nitro groups is 1. The number of anilines is 1. The number of fused-ring (bicyclic) bond motifs is 1. The summed E-state index contributed by atoms with van der Waals surface area (Å²) in [5.74, 6) is -0.187. The maximum Gasteiger partial charge on any atom is 0.269 e. The fourth-order valence-electron chi connectivity index (χ4n) is 2.06. The molecule has 0 unspecified atom stereocenters. The molecular formula is C16H12ClN3O3S2. The molecule has 2 aromatic carbocycles. The Balaban J connectivity index is 1.66. The van der Waals surface area contributed by atoms with Gasteiger partial charge in [0, 0.05) is 22.1 Å². The third-order valence-corrected chi connectivity index (χ3v) is 5.59. The molecule has 9 heteroatoms. The number of halogens is 1. The number of hydrogen-bond donors (Lipinski definition) is 1. The maximum absolute atomic E-state index is 12.3. The molecule has 1 N–H and O–H groups in total. The van der Waals surface area contributed by atoms with E-state index in [-0.39, 0.29) is 16.8 Å². The monoisotopic (exact) mass is 393 g/mol. The van der Waals surface area contributed by atoms with Gasteiger partial charge in [-0.25, -0.2) is 4.98 Å². The highest BCUT2D eigenvalue weighted by Crippen LogP contribution is 2.30. The molecule has 0 bridgehead atoms. The van der Waals surface area contributed by atoms with E-state index in [9.17, 15) is 14.9 Å². The largest absolute Gasteiger partial charge is 0.301 e. The Labute approximate surface area is 156 Å². The molecule has 0 saturated heterocycles. The lowest BCUT2D eigenvalue weighted by Crippen LogP contribution is -2.22. The van der Waals surface area contributed by atoms with Crippen LogP contribution < -0.4 is 5.32 Å². The summed E-state index contributed by atoms with van der Waals surface area (Å²) < 4.78 is 0.901. The van der Waals surface area contributed by atoms with Crippen molar-refractivity contribution in [1.29, 1.82) is 0 Å². The number of aromatic nitrogens is 1. The first-order chi connectivity index (χ1) is 11.9. The SMILES string of the molecule is C[C@@H](Sc1ccc([N+](=O)[O-])cc1)C(=O)Nc1nc2ccc(Cl)cc2s1. The van der Waals surface area contributed by atoms with Crippen LogP contribution in [0.1, 0.15) is 6.92 Å². The van der Waals surface area contributed by atoms with Crippen LogP contribution in [0.15, 0.2) is 47.4 Å². The number of carbonyl (C=O) groups excluding carboxylic acids is 1. The average molecular weight is 394 g/mol. The van der Waals surface area contributed by atoms with Crippen LogP contribution in [0.3, 0.4) is 0 Å². The van der Waals surface area contributed by atoms with Crippen molar-refractivity contribution < 1.29 is 9.72 Å². The first kappa shape index (κ1) is 17.7. The third kappa shape index (κ3) is 4.28. The fourth-order valence-corrected chi connectivity index (χ4v) is 4.08. The van der Waals surface area contributed by atoms with Crippen LogP contribution in [-0.4, -0.2) is 21.1 Å². The Morgan fingerprint density at radius 2 is 2.04 bits per heavy atom. The quantitative estimate of drug-likeness (QED) is 0.375. The van der Waals surface area contributed by atoms with E-state index in [4.69, 9.17) is 11.6 Å². The van der Waals surface area contributed by atoms with Gasteiger partial charge in [0.2, 0.25) is 5.91 Å². The summed E-state index contributed by atoms with van der Waals surface area (Å²) in [5.41, 5.74) is 0.801. The van der Waals surface area contributed by atoms with Gasteiger partial charge in [0.25, 0.3) is 5.69 Å². The van der Waals surface area contributed by atoms with Crippen LogP contribution >= 0.6 is 34.7 Å². The van der Waals surface area contributed by atoms with Gasteiger partial charge in [-0.2, -0.15) is 0 Å². The zero-order valence-corrected chi connectivity index (χ0v) is 15.3. The highest BCUT2D eigenvalue weighted by molar-refractivity contribution is 8.00. The number of carbonyl (C=O) groups is 1. The minimum Gasteiger partial charge on any atom is -0.301 e. The van der Waals surface area contributed by atoms with Gasteiger partial charge in [0.1, 0.15) is 0 Å². The van der Waals surface area contributed by atoms with E-state index in [1.807, 2.05) is 0 Å². The lowest BCUT2D eigenvalue weighted by atomic mass is 10.3. The molecule has 0 spiro atoms. The topological polar surface area (TPSA) is 85.1 Å². The molecule has 1 atom stereocenters. The number of thiazole rings is 1. The maximum atomic E-state index is 12.3. The smallest absolute Gasteiger partial charge is 0.269 e. The van der Waals surface area contributed by atoms with E-state index in [0.717, 1.165) is 15.1 Å². The summed E-state index contributed by atoms with van der Waals surface area (Å²) in [6.45, 7) is 1.77. The van der Waals surface area contributed by atoms with Crippen LogP contribution in [0.5, 0.6) is 0 Å². The number of benzene rings is 2. The summed E-state index contributed by atoms with van der Waals surface area (Å²) in [4.78, 5) is 27.7. The Morgan fingerprint density at radius 1 is 1.32 bits per heavy atom. The molecule has 3 rings (SSSR count). The standard InChI is InChI=1S/C16H12ClN3O3S2/c1-9(24-12-5-3-11(4-6-12)20(22)23)15(21)19-16-18-13-7-2-10(17)8-14(13)25-16/h2-9H,1H3,(H,18,19,21)/t9-/m1/s1. The highest BCUT2D eigenvalue weighted by atomic mass is 35.5. The Hall–Kier alpha value is -2.16. The van der Waals surface area contributed by atoms with Crippen molar-refractivity contribution in [1.82, 2.24) is 4.98 Å². The molecule has 3 aromatic rings. The van der Waals surface area contributed by atoms with Gasteiger partial charge in [0.15, 0.2) is 5.13 Å². The predicted molar refractivity (Wildman–Crippen MR) is 102 cm³/mol. The first-order valence-electron chi connectivity index (χ1n) is 7.20. The number of nitro benzene ring substituents is 1. The Bertz CT molecular complexity index is 943. The minimum atomic E-state index is -0.454. The van der Waals surface area contributed by atoms with Crippen LogP contribution in [0.2, 0.25) is 5.02 Å². The highest BCUT2D eigenvalue weighted by Gasteiger charge is 2.17. The second kappa shape index (κ2) is 7.38. The van der Waals surface area contributed by atoms with Crippen LogP contribution in [0, 0.1) is 10.1 Å². The molecule has 1 heterocycles. The second-order valence-corrected chi connectivity index (χ2v) is 8.01. The van der Waals surface area contributed by atoms with E-state index in [1.54, 1.807) is 37.3 Å². The lowest BCUT2D eigenvalue weighted by molar-refractivity contribution is -0.384. The van der Waals surface area contributed by atoms with Crippen LogP contribution in [0.25, 0.3) is 10.2 Å². The van der Waals surface area contributed by atoms with Gasteiger partial charge >= 0.3 is 0 Å². The van der Waals surface area contributed by atoms with Gasteiger partial charge in [-0.05, 0) is 37.3 Å². The molecule has 0 aliphatic heterocycles. The Morgan fingerprint density at radius 3 is 2.72 bits per heavy atom. The van der Waals surface area contributed by atoms with E-state index in [1.165, 1.54) is 35.2 Å². The first-order valence-corrected chi connectivity index (χ1v) is 9.28. The van der Waals surface area contributed by atoms with Crippen molar-refractivity contribution >= 4 is 61.6 Å². The molecular weight excluding hydrogens is 382 g/mol. The molecule has 128 valence electrons. The van der Waals surface area contributed by atoms with E-state index < -0.39 is 4.92 Å². The molecule has 6 nitrogen and oxygen atoms in total. The summed E-state index contributed by atoms with van der Waals surface area (Å²) in [7, 11) is 0. The molecule has 25 heavy (non-hydrogen) atoms. The summed E-state index contributed by atoms with van der Waals surface area (Å²) in [5, 5.41) is 14.2. The number of thioether (sulfide) groups is 1. The van der Waals surface area contributed by atoms with Gasteiger partial charge < -0.3 is 5.32 Å². The number of nitrogens with zero attached hydrogens (tertiary/aromatic N) is 2. The van der Waals surface area contributed by atoms with Crippen LogP contribution in [-0.2, 0) is 4.79 Å². The molecule has 0 saturated carbocycles. The summed E-state index contributed by atoms with van der Waals surface area (Å²) >= 11 is 8.63. The zero-order chi connectivity index (χ0) is 18.0. The predicted octanol–water partition coefficient (Wildman–Crippen LogP) is 4.98. The minimum absolute atomic E-state index is 0.0228. The molecule has 0 fully saturated rings. The van der Waals surface area contributed by atoms with E-state index >= 15 is 0 Å². The van der Waals surface area contributed by atoms with Crippen molar-refractivity contribution in [2.45, 2.75) is 17.1 Å². The molecule has 1 amide bonds. The number of nitrogens with one attached hydrogen (secondary N) is 1. The number of non-ortho nitro benzene ring substituents is 1. The average Bonchev–Trinajstić information content (AvgIpc) is 2.96. The number of hydrogen-bond acceptors (Lipinski definition) is 6. The van der Waals surface area contributed by atoms with E-state index in [0.29, 0.717) is 10.2 Å². The third-order valence-electron chi connectivity index (χ3n) is 3.31.